The van der Waals surface area contributed by atoms with Crippen molar-refractivity contribution in [1.82, 2.24) is 0 Å². The minimum Gasteiger partial charge on any atom is -0.382 e. The fourth-order valence-electron chi connectivity index (χ4n) is 11.6. The average Bonchev–Trinajstić information content (AvgIpc) is 3.43. The first kappa shape index (κ1) is 34.0. The molecule has 2 aromatic rings. The fraction of sp³-hybridized carbons (Fsp3) is 0.659. The van der Waals surface area contributed by atoms with Crippen LogP contribution in [0.3, 0.4) is 0 Å². The summed E-state index contributed by atoms with van der Waals surface area (Å²) in [7, 11) is 0. The highest BCUT2D eigenvalue weighted by molar-refractivity contribution is 6.23. The molecule has 0 spiro atoms. The molecule has 260 valence electrons. The SMILES string of the molecule is CC(C)CCCC(C)C1CCC2C3CC=C4CC(OCCOCCNc5ccc6cccc7c6c5C(=O)C=C7)CCC4(C)C3CCC12C. The maximum atomic E-state index is 12.8. The second-order valence-corrected chi connectivity index (χ2v) is 17.2. The third-order valence-electron chi connectivity index (χ3n) is 14.1. The van der Waals surface area contributed by atoms with E-state index in [0.717, 1.165) is 69.5 Å². The Labute approximate surface area is 290 Å². The van der Waals surface area contributed by atoms with Gasteiger partial charge in [0.15, 0.2) is 5.78 Å². The van der Waals surface area contributed by atoms with Crippen molar-refractivity contribution in [2.24, 2.45) is 46.3 Å². The molecule has 5 aliphatic rings. The highest BCUT2D eigenvalue weighted by atomic mass is 16.5. The van der Waals surface area contributed by atoms with Crippen LogP contribution >= 0.6 is 0 Å². The first-order valence-corrected chi connectivity index (χ1v) is 19.6. The van der Waals surface area contributed by atoms with E-state index in [0.29, 0.717) is 43.3 Å². The largest absolute Gasteiger partial charge is 0.382 e. The molecule has 48 heavy (non-hydrogen) atoms. The maximum Gasteiger partial charge on any atom is 0.188 e. The molecule has 4 nitrogen and oxygen atoms in total. The van der Waals surface area contributed by atoms with E-state index in [1.165, 1.54) is 64.2 Å². The first-order chi connectivity index (χ1) is 23.2. The lowest BCUT2D eigenvalue weighted by molar-refractivity contribution is -0.0676. The van der Waals surface area contributed by atoms with Crippen molar-refractivity contribution in [3.05, 3.63) is 59.2 Å². The van der Waals surface area contributed by atoms with Gasteiger partial charge < -0.3 is 14.8 Å². The predicted octanol–water partition coefficient (Wildman–Crippen LogP) is 10.9. The molecule has 8 atom stereocenters. The first-order valence-electron chi connectivity index (χ1n) is 19.6. The van der Waals surface area contributed by atoms with Gasteiger partial charge in [-0.2, -0.15) is 0 Å². The third kappa shape index (κ3) is 6.34. The second kappa shape index (κ2) is 14.1. The van der Waals surface area contributed by atoms with Crippen molar-refractivity contribution < 1.29 is 14.3 Å². The molecule has 4 heteroatoms. The second-order valence-electron chi connectivity index (χ2n) is 17.2. The van der Waals surface area contributed by atoms with Gasteiger partial charge in [-0.25, -0.2) is 0 Å². The molecule has 8 unspecified atom stereocenters. The van der Waals surface area contributed by atoms with Gasteiger partial charge >= 0.3 is 0 Å². The fourth-order valence-corrected chi connectivity index (χ4v) is 11.6. The van der Waals surface area contributed by atoms with Crippen LogP contribution in [-0.4, -0.2) is 38.3 Å². The minimum atomic E-state index is 0.0648. The van der Waals surface area contributed by atoms with Gasteiger partial charge in [0, 0.05) is 17.6 Å². The Balaban J connectivity index is 0.867. The number of hydrogen-bond donors (Lipinski definition) is 1. The van der Waals surface area contributed by atoms with Crippen molar-refractivity contribution >= 4 is 28.3 Å². The Morgan fingerprint density at radius 2 is 1.79 bits per heavy atom. The van der Waals surface area contributed by atoms with E-state index in [9.17, 15) is 4.79 Å². The molecular weight excluding hydrogens is 590 g/mol. The molecular formula is C44H61NO3. The number of fused-ring (bicyclic) bond motifs is 5. The van der Waals surface area contributed by atoms with Gasteiger partial charge in [0.2, 0.25) is 0 Å². The molecule has 3 saturated carbocycles. The normalized spacial score (nSPS) is 32.9. The average molecular weight is 652 g/mol. The molecule has 0 heterocycles. The van der Waals surface area contributed by atoms with Crippen LogP contribution in [0.5, 0.6) is 0 Å². The zero-order chi connectivity index (χ0) is 33.5. The molecule has 0 radical (unpaired) electrons. The summed E-state index contributed by atoms with van der Waals surface area (Å²) in [5.74, 6) is 5.37. The zero-order valence-corrected chi connectivity index (χ0v) is 30.5. The van der Waals surface area contributed by atoms with Gasteiger partial charge in [0.05, 0.1) is 31.5 Å². The Hall–Kier alpha value is -2.43. The van der Waals surface area contributed by atoms with Crippen LogP contribution in [0, 0.1) is 46.3 Å². The van der Waals surface area contributed by atoms with E-state index in [-0.39, 0.29) is 5.78 Å². The summed E-state index contributed by atoms with van der Waals surface area (Å²) >= 11 is 0. The molecule has 0 aliphatic heterocycles. The third-order valence-corrected chi connectivity index (χ3v) is 14.1. The Morgan fingerprint density at radius 1 is 0.917 bits per heavy atom. The molecule has 0 aromatic heterocycles. The van der Waals surface area contributed by atoms with Gasteiger partial charge in [-0.3, -0.25) is 4.79 Å². The van der Waals surface area contributed by atoms with Gasteiger partial charge in [-0.15, -0.1) is 0 Å². The van der Waals surface area contributed by atoms with E-state index in [4.69, 9.17) is 9.47 Å². The Morgan fingerprint density at radius 3 is 2.65 bits per heavy atom. The van der Waals surface area contributed by atoms with E-state index in [2.05, 4.69) is 64.2 Å². The van der Waals surface area contributed by atoms with Gasteiger partial charge in [0.1, 0.15) is 0 Å². The predicted molar refractivity (Wildman–Crippen MR) is 199 cm³/mol. The highest BCUT2D eigenvalue weighted by Crippen LogP contribution is 2.67. The van der Waals surface area contributed by atoms with E-state index in [1.807, 2.05) is 18.2 Å². The number of carbonyl (C=O) groups excluding carboxylic acids is 1. The molecule has 3 fully saturated rings. The number of allylic oxidation sites excluding steroid dienone is 2. The van der Waals surface area contributed by atoms with Crippen LogP contribution in [0.1, 0.15) is 121 Å². The van der Waals surface area contributed by atoms with Crippen molar-refractivity contribution in [1.29, 1.82) is 0 Å². The van der Waals surface area contributed by atoms with E-state index < -0.39 is 0 Å². The summed E-state index contributed by atoms with van der Waals surface area (Å²) in [4.78, 5) is 12.8. The summed E-state index contributed by atoms with van der Waals surface area (Å²) in [5.41, 5.74) is 5.40. The lowest BCUT2D eigenvalue weighted by Crippen LogP contribution is -2.51. The van der Waals surface area contributed by atoms with E-state index in [1.54, 1.807) is 11.6 Å². The van der Waals surface area contributed by atoms with Crippen LogP contribution in [-0.2, 0) is 9.47 Å². The van der Waals surface area contributed by atoms with Crippen molar-refractivity contribution in [2.75, 3.05) is 31.7 Å². The number of benzene rings is 2. The molecule has 2 aromatic carbocycles. The quantitative estimate of drug-likeness (QED) is 0.173. The van der Waals surface area contributed by atoms with E-state index >= 15 is 0 Å². The summed E-state index contributed by atoms with van der Waals surface area (Å²) < 4.78 is 12.4. The minimum absolute atomic E-state index is 0.0648. The van der Waals surface area contributed by atoms with Crippen LogP contribution in [0.25, 0.3) is 16.8 Å². The molecule has 0 saturated heterocycles. The van der Waals surface area contributed by atoms with Gasteiger partial charge in [0.25, 0.3) is 0 Å². The van der Waals surface area contributed by atoms with Gasteiger partial charge in [-0.1, -0.05) is 95.9 Å². The number of ether oxygens (including phenoxy) is 2. The number of hydrogen-bond acceptors (Lipinski definition) is 4. The molecule has 0 amide bonds. The standard InChI is InChI=1S/C44H61NO3/c1-29(2)8-6-9-30(3)36-16-17-37-35-15-14-33-28-34(20-22-43(33,4)38(35)21-23-44(36,37)5)48-27-26-47-25-24-45-39-18-12-31-10-7-11-32-13-19-40(46)42(39)41(31)32/h7,10-14,18-19,29-30,34-38,45H,6,8-9,15-17,20-28H2,1-5H3. The number of ketones is 1. The van der Waals surface area contributed by atoms with Crippen LogP contribution in [0.4, 0.5) is 5.69 Å². The highest BCUT2D eigenvalue weighted by Gasteiger charge is 2.59. The number of carbonyl (C=O) groups is 1. The maximum absolute atomic E-state index is 12.8. The zero-order valence-electron chi connectivity index (χ0n) is 30.5. The molecule has 1 N–H and O–H groups in total. The monoisotopic (exact) mass is 651 g/mol. The Bertz CT molecular complexity index is 1540. The van der Waals surface area contributed by atoms with Crippen LogP contribution < -0.4 is 5.32 Å². The summed E-state index contributed by atoms with van der Waals surface area (Å²) in [5, 5.41) is 5.60. The molecule has 0 bridgehead atoms. The Kier molecular flexibility index (Phi) is 9.97. The molecule has 7 rings (SSSR count). The lowest BCUT2D eigenvalue weighted by atomic mass is 9.47. The van der Waals surface area contributed by atoms with Crippen molar-refractivity contribution in [3.8, 4) is 0 Å². The number of anilines is 1. The summed E-state index contributed by atoms with van der Waals surface area (Å²) in [6.45, 7) is 15.2. The number of rotatable bonds is 13. The smallest absolute Gasteiger partial charge is 0.188 e. The lowest BCUT2D eigenvalue weighted by Gasteiger charge is -2.58. The number of nitrogens with one attached hydrogen (secondary N) is 1. The van der Waals surface area contributed by atoms with Crippen molar-refractivity contribution in [3.63, 3.8) is 0 Å². The topological polar surface area (TPSA) is 47.6 Å². The molecule has 5 aliphatic carbocycles. The van der Waals surface area contributed by atoms with Gasteiger partial charge in [-0.05, 0) is 121 Å². The van der Waals surface area contributed by atoms with Crippen molar-refractivity contribution in [2.45, 2.75) is 111 Å². The summed E-state index contributed by atoms with van der Waals surface area (Å²) in [6, 6.07) is 10.3. The van der Waals surface area contributed by atoms with Crippen LogP contribution in [0.15, 0.2) is 48.1 Å². The van der Waals surface area contributed by atoms with Crippen LogP contribution in [0.2, 0.25) is 0 Å². The summed E-state index contributed by atoms with van der Waals surface area (Å²) in [6.07, 6.45) is 21.5.